The molecule has 1 N–H and O–H groups in total. The first-order valence-electron chi connectivity index (χ1n) is 15.8. The molecule has 0 radical (unpaired) electrons. The maximum atomic E-state index is 15.1. The molecule has 4 aromatic carbocycles. The smallest absolute Gasteiger partial charge is 0.264 e. The van der Waals surface area contributed by atoms with Gasteiger partial charge in [0.1, 0.15) is 24.2 Å². The summed E-state index contributed by atoms with van der Waals surface area (Å²) in [7, 11) is -2.88. The number of methoxy groups -OCH3 is 1. The van der Waals surface area contributed by atoms with Crippen molar-refractivity contribution in [3.05, 3.63) is 126 Å². The van der Waals surface area contributed by atoms with E-state index in [1.165, 1.54) is 30.2 Å². The largest absolute Gasteiger partial charge is 0.495 e. The second-order valence-corrected chi connectivity index (χ2v) is 13.7. The van der Waals surface area contributed by atoms with Gasteiger partial charge >= 0.3 is 0 Å². The number of nitrogens with one attached hydrogen (secondary N) is 1. The fraction of sp³-hybridized carbons (Fsp3) is 0.297. The molecular weight excluding hydrogens is 617 g/mol. The van der Waals surface area contributed by atoms with Crippen LogP contribution in [-0.4, -0.2) is 50.9 Å². The molecule has 1 saturated carbocycles. The molecular formula is C37H40FN3O5S. The van der Waals surface area contributed by atoms with E-state index in [1.54, 1.807) is 54.6 Å². The number of halogens is 1. The Morgan fingerprint density at radius 1 is 0.894 bits per heavy atom. The standard InChI is InChI=1S/C37H40FN3O5S/c1-27-20-22-31(23-21-27)47(44,45)41(33-18-10-11-19-35(33)46-2)26-36(42)40(25-29-14-6-9-17-32(29)38)34(24-28-12-4-3-5-13-28)37(43)39-30-15-7-8-16-30/h3-6,9-14,17-23,30,34H,7-8,15-16,24-26H2,1-2H3,(H,39,43)/t34-/m1/s1. The zero-order valence-electron chi connectivity index (χ0n) is 26.6. The van der Waals surface area contributed by atoms with Gasteiger partial charge in [0.05, 0.1) is 17.7 Å². The molecule has 47 heavy (non-hydrogen) atoms. The van der Waals surface area contributed by atoms with Crippen molar-refractivity contribution in [2.75, 3.05) is 18.0 Å². The van der Waals surface area contributed by atoms with E-state index in [9.17, 15) is 18.0 Å². The number of carbonyl (C=O) groups is 2. The van der Waals surface area contributed by atoms with Crippen molar-refractivity contribution in [1.82, 2.24) is 10.2 Å². The number of nitrogens with zero attached hydrogens (tertiary/aromatic N) is 2. The van der Waals surface area contributed by atoms with Crippen molar-refractivity contribution in [3.63, 3.8) is 0 Å². The molecule has 246 valence electrons. The maximum Gasteiger partial charge on any atom is 0.264 e. The minimum atomic E-state index is -4.31. The molecule has 5 rings (SSSR count). The number of hydrogen-bond donors (Lipinski definition) is 1. The van der Waals surface area contributed by atoms with E-state index in [4.69, 9.17) is 4.74 Å². The number of hydrogen-bond acceptors (Lipinski definition) is 5. The minimum absolute atomic E-state index is 0.0118. The summed E-state index contributed by atoms with van der Waals surface area (Å²) in [6, 6.07) is 27.2. The predicted octanol–water partition coefficient (Wildman–Crippen LogP) is 6.04. The molecule has 0 unspecified atom stereocenters. The van der Waals surface area contributed by atoms with Gasteiger partial charge in [-0.1, -0.05) is 91.2 Å². The zero-order chi connectivity index (χ0) is 33.4. The molecule has 1 aliphatic rings. The summed E-state index contributed by atoms with van der Waals surface area (Å²) in [5, 5.41) is 3.12. The van der Waals surface area contributed by atoms with E-state index >= 15 is 4.39 Å². The molecule has 0 heterocycles. The molecule has 8 nitrogen and oxygen atoms in total. The van der Waals surface area contributed by atoms with Crippen LogP contribution in [0.4, 0.5) is 10.1 Å². The molecule has 2 amide bonds. The molecule has 0 saturated heterocycles. The monoisotopic (exact) mass is 657 g/mol. The van der Waals surface area contributed by atoms with Gasteiger partial charge < -0.3 is 15.0 Å². The highest BCUT2D eigenvalue weighted by Crippen LogP contribution is 2.33. The van der Waals surface area contributed by atoms with Crippen LogP contribution in [0.1, 0.15) is 42.4 Å². The van der Waals surface area contributed by atoms with Crippen molar-refractivity contribution in [3.8, 4) is 5.75 Å². The molecule has 4 aromatic rings. The number of amides is 2. The highest BCUT2D eigenvalue weighted by Gasteiger charge is 2.36. The Morgan fingerprint density at radius 2 is 1.53 bits per heavy atom. The van der Waals surface area contributed by atoms with Crippen LogP contribution in [-0.2, 0) is 32.6 Å². The van der Waals surface area contributed by atoms with Crippen molar-refractivity contribution >= 4 is 27.5 Å². The summed E-state index contributed by atoms with van der Waals surface area (Å²) in [4.78, 5) is 30.0. The summed E-state index contributed by atoms with van der Waals surface area (Å²) < 4.78 is 50.2. The topological polar surface area (TPSA) is 96.0 Å². The van der Waals surface area contributed by atoms with Crippen LogP contribution in [0.2, 0.25) is 0 Å². The quantitative estimate of drug-likeness (QED) is 0.189. The molecule has 1 fully saturated rings. The van der Waals surface area contributed by atoms with Crippen LogP contribution in [0.3, 0.4) is 0 Å². The second kappa shape index (κ2) is 15.3. The number of anilines is 1. The van der Waals surface area contributed by atoms with Crippen LogP contribution >= 0.6 is 0 Å². The summed E-state index contributed by atoms with van der Waals surface area (Å²) >= 11 is 0. The summed E-state index contributed by atoms with van der Waals surface area (Å²) in [6.45, 7) is 0.945. The number of aryl methyl sites for hydroxylation is 1. The number of ether oxygens (including phenoxy) is 1. The van der Waals surface area contributed by atoms with Crippen molar-refractivity contribution < 1.29 is 27.1 Å². The molecule has 10 heteroatoms. The van der Waals surface area contributed by atoms with Gasteiger partial charge in [0.2, 0.25) is 11.8 Å². The molecule has 1 atom stereocenters. The third-order valence-electron chi connectivity index (χ3n) is 8.51. The van der Waals surface area contributed by atoms with Gasteiger partial charge in [-0.3, -0.25) is 13.9 Å². The maximum absolute atomic E-state index is 15.1. The zero-order valence-corrected chi connectivity index (χ0v) is 27.5. The first-order valence-corrected chi connectivity index (χ1v) is 17.2. The Balaban J connectivity index is 1.59. The summed E-state index contributed by atoms with van der Waals surface area (Å²) in [5.74, 6) is -1.32. The van der Waals surface area contributed by atoms with Gasteiger partial charge in [0, 0.05) is 24.6 Å². The van der Waals surface area contributed by atoms with Crippen LogP contribution in [0.15, 0.2) is 108 Å². The predicted molar refractivity (Wildman–Crippen MR) is 180 cm³/mol. The number of para-hydroxylation sites is 2. The Morgan fingerprint density at radius 3 is 2.21 bits per heavy atom. The molecule has 0 spiro atoms. The SMILES string of the molecule is COc1ccccc1N(CC(=O)N(Cc1ccccc1F)[C@H](Cc1ccccc1)C(=O)NC1CCCC1)S(=O)(=O)c1ccc(C)cc1. The van der Waals surface area contributed by atoms with Crippen LogP contribution in [0.5, 0.6) is 5.75 Å². The van der Waals surface area contributed by atoms with Gasteiger partial charge in [-0.15, -0.1) is 0 Å². The minimum Gasteiger partial charge on any atom is -0.495 e. The van der Waals surface area contributed by atoms with Crippen LogP contribution < -0.4 is 14.4 Å². The first kappa shape index (κ1) is 33.7. The normalized spacial score (nSPS) is 13.9. The summed E-state index contributed by atoms with van der Waals surface area (Å²) in [6.07, 6.45) is 3.82. The molecule has 1 aliphatic carbocycles. The third kappa shape index (κ3) is 8.18. The average molecular weight is 658 g/mol. The van der Waals surface area contributed by atoms with Gasteiger partial charge in [-0.2, -0.15) is 0 Å². The van der Waals surface area contributed by atoms with Gasteiger partial charge in [0.25, 0.3) is 10.0 Å². The van der Waals surface area contributed by atoms with E-state index in [2.05, 4.69) is 5.32 Å². The Labute approximate surface area is 276 Å². The van der Waals surface area contributed by atoms with E-state index in [0.29, 0.717) is 0 Å². The lowest BCUT2D eigenvalue weighted by atomic mass is 10.0. The highest BCUT2D eigenvalue weighted by molar-refractivity contribution is 7.92. The fourth-order valence-corrected chi connectivity index (χ4v) is 7.34. The number of rotatable bonds is 13. The van der Waals surface area contributed by atoms with Crippen LogP contribution in [0, 0.1) is 12.7 Å². The van der Waals surface area contributed by atoms with E-state index in [0.717, 1.165) is 41.1 Å². The van der Waals surface area contributed by atoms with Crippen molar-refractivity contribution in [2.24, 2.45) is 0 Å². The Hall–Kier alpha value is -4.70. The molecule has 0 aromatic heterocycles. The van der Waals surface area contributed by atoms with Crippen molar-refractivity contribution in [1.29, 1.82) is 0 Å². The van der Waals surface area contributed by atoms with Gasteiger partial charge in [-0.05, 0) is 55.7 Å². The first-order chi connectivity index (χ1) is 22.7. The lowest BCUT2D eigenvalue weighted by molar-refractivity contribution is -0.140. The van der Waals surface area contributed by atoms with Crippen LogP contribution in [0.25, 0.3) is 0 Å². The highest BCUT2D eigenvalue weighted by atomic mass is 32.2. The van der Waals surface area contributed by atoms with E-state index in [-0.39, 0.29) is 46.8 Å². The third-order valence-corrected chi connectivity index (χ3v) is 10.3. The lowest BCUT2D eigenvalue weighted by Gasteiger charge is -2.34. The Kier molecular flexibility index (Phi) is 10.9. The van der Waals surface area contributed by atoms with E-state index in [1.807, 2.05) is 37.3 Å². The number of carbonyl (C=O) groups excluding carboxylic acids is 2. The van der Waals surface area contributed by atoms with Crippen molar-refractivity contribution in [2.45, 2.75) is 62.6 Å². The summed E-state index contributed by atoms with van der Waals surface area (Å²) in [5.41, 5.74) is 2.04. The number of sulfonamides is 1. The lowest BCUT2D eigenvalue weighted by Crippen LogP contribution is -2.54. The number of benzene rings is 4. The molecule has 0 aliphatic heterocycles. The fourth-order valence-electron chi connectivity index (χ4n) is 5.92. The van der Waals surface area contributed by atoms with E-state index < -0.39 is 34.3 Å². The Bertz CT molecular complexity index is 1780. The van der Waals surface area contributed by atoms with Gasteiger partial charge in [-0.25, -0.2) is 12.8 Å². The van der Waals surface area contributed by atoms with Gasteiger partial charge in [0.15, 0.2) is 0 Å². The second-order valence-electron chi connectivity index (χ2n) is 11.8. The average Bonchev–Trinajstić information content (AvgIpc) is 3.59. The molecule has 0 bridgehead atoms.